The summed E-state index contributed by atoms with van der Waals surface area (Å²) in [6, 6.07) is 19.5. The Hall–Kier alpha value is -2.30. The summed E-state index contributed by atoms with van der Waals surface area (Å²) in [5.41, 5.74) is 2.27. The number of hydrogen-bond acceptors (Lipinski definition) is 3. The molecule has 0 aliphatic heterocycles. The van der Waals surface area contributed by atoms with Crippen molar-refractivity contribution < 1.29 is 0 Å². The fraction of sp³-hybridized carbons (Fsp3) is 0.125. The van der Waals surface area contributed by atoms with E-state index in [0.717, 1.165) is 15.7 Å². The molecule has 0 bridgehead atoms. The van der Waals surface area contributed by atoms with Crippen LogP contribution in [0.5, 0.6) is 0 Å². The van der Waals surface area contributed by atoms with Crippen LogP contribution < -0.4 is 5.32 Å². The predicted octanol–water partition coefficient (Wildman–Crippen LogP) is 4.04. The molecule has 0 spiro atoms. The van der Waals surface area contributed by atoms with Gasteiger partial charge in [-0.3, -0.25) is 0 Å². The topological polar surface area (TPSA) is 59.6 Å². The van der Waals surface area contributed by atoms with Crippen molar-refractivity contribution in [3.63, 3.8) is 0 Å². The van der Waals surface area contributed by atoms with Crippen molar-refractivity contribution in [1.82, 2.24) is 0 Å². The maximum absolute atomic E-state index is 9.27. The molecule has 0 radical (unpaired) electrons. The molecule has 1 atom stereocenters. The molecule has 2 rings (SSSR count). The van der Waals surface area contributed by atoms with Gasteiger partial charge < -0.3 is 5.32 Å². The minimum atomic E-state index is -0.248. The first-order chi connectivity index (χ1) is 9.74. The number of nitrogens with one attached hydrogen (secondary N) is 1. The highest BCUT2D eigenvalue weighted by molar-refractivity contribution is 9.10. The summed E-state index contributed by atoms with van der Waals surface area (Å²) in [7, 11) is 0. The van der Waals surface area contributed by atoms with E-state index in [4.69, 9.17) is 5.26 Å². The zero-order valence-electron chi connectivity index (χ0n) is 10.7. The Bertz CT molecular complexity index is 668. The lowest BCUT2D eigenvalue weighted by molar-refractivity contribution is 0.900. The Balaban J connectivity index is 2.14. The van der Waals surface area contributed by atoms with Gasteiger partial charge in [-0.05, 0) is 23.8 Å². The molecule has 2 aromatic rings. The molecule has 0 saturated heterocycles. The van der Waals surface area contributed by atoms with Gasteiger partial charge in [-0.1, -0.05) is 46.3 Å². The number of benzene rings is 2. The first-order valence-electron chi connectivity index (χ1n) is 6.12. The Morgan fingerprint density at radius 3 is 2.50 bits per heavy atom. The lowest BCUT2D eigenvalue weighted by atomic mass is 10.0. The van der Waals surface area contributed by atoms with E-state index in [0.29, 0.717) is 12.1 Å². The summed E-state index contributed by atoms with van der Waals surface area (Å²) < 4.78 is 0.896. The maximum atomic E-state index is 9.27. The number of hydrogen-bond donors (Lipinski definition) is 1. The van der Waals surface area contributed by atoms with Gasteiger partial charge in [0, 0.05) is 11.0 Å². The van der Waals surface area contributed by atoms with Gasteiger partial charge in [-0.15, -0.1) is 0 Å². The summed E-state index contributed by atoms with van der Waals surface area (Å²) >= 11 is 3.38. The second-order valence-corrected chi connectivity index (χ2v) is 5.19. The Labute approximate surface area is 126 Å². The third kappa shape index (κ3) is 3.38. The summed E-state index contributed by atoms with van der Waals surface area (Å²) in [6.45, 7) is 0.464. The molecule has 1 unspecified atom stereocenters. The normalized spacial score (nSPS) is 11.2. The van der Waals surface area contributed by atoms with Crippen LogP contribution in [-0.2, 0) is 0 Å². The molecule has 0 fully saturated rings. The molecular weight excluding hydrogens is 314 g/mol. The molecule has 0 saturated carbocycles. The average molecular weight is 326 g/mol. The number of rotatable bonds is 4. The first-order valence-corrected chi connectivity index (χ1v) is 6.92. The van der Waals surface area contributed by atoms with Gasteiger partial charge in [0.25, 0.3) is 0 Å². The highest BCUT2D eigenvalue weighted by atomic mass is 79.9. The van der Waals surface area contributed by atoms with Crippen molar-refractivity contribution in [1.29, 1.82) is 10.5 Å². The third-order valence-corrected chi connectivity index (χ3v) is 3.45. The third-order valence-electron chi connectivity index (χ3n) is 2.96. The van der Waals surface area contributed by atoms with E-state index in [1.165, 1.54) is 0 Å². The maximum Gasteiger partial charge on any atom is 0.101 e. The van der Waals surface area contributed by atoms with Crippen LogP contribution in [0, 0.1) is 22.7 Å². The van der Waals surface area contributed by atoms with Crippen LogP contribution in [-0.4, -0.2) is 6.54 Å². The fourth-order valence-electron chi connectivity index (χ4n) is 1.90. The molecule has 20 heavy (non-hydrogen) atoms. The van der Waals surface area contributed by atoms with Gasteiger partial charge in [0.2, 0.25) is 0 Å². The van der Waals surface area contributed by atoms with E-state index in [2.05, 4.69) is 33.4 Å². The highest BCUT2D eigenvalue weighted by Crippen LogP contribution is 2.22. The van der Waals surface area contributed by atoms with E-state index in [1.807, 2.05) is 42.5 Å². The lowest BCUT2D eigenvalue weighted by Crippen LogP contribution is -2.12. The van der Waals surface area contributed by atoms with Crippen molar-refractivity contribution >= 4 is 21.6 Å². The standard InChI is InChI=1S/C16H12BrN3/c17-15-7-6-13(9-18)16(8-15)20-11-14(10-19)12-4-2-1-3-5-12/h1-8,14,20H,11H2. The molecule has 0 heterocycles. The van der Waals surface area contributed by atoms with Crippen LogP contribution in [0.1, 0.15) is 17.0 Å². The second kappa shape index (κ2) is 6.75. The van der Waals surface area contributed by atoms with Crippen molar-refractivity contribution in [2.45, 2.75) is 5.92 Å². The van der Waals surface area contributed by atoms with Gasteiger partial charge in [-0.25, -0.2) is 0 Å². The van der Waals surface area contributed by atoms with Gasteiger partial charge in [0.05, 0.1) is 23.2 Å². The SMILES string of the molecule is N#Cc1ccc(Br)cc1NCC(C#N)c1ccccc1. The summed E-state index contributed by atoms with van der Waals surface area (Å²) in [5.74, 6) is -0.248. The molecule has 3 nitrogen and oxygen atoms in total. The van der Waals surface area contributed by atoms with E-state index in [1.54, 1.807) is 6.07 Å². The monoisotopic (exact) mass is 325 g/mol. The first kappa shape index (κ1) is 14.1. The average Bonchev–Trinajstić information content (AvgIpc) is 2.49. The number of halogens is 1. The van der Waals surface area contributed by atoms with Crippen LogP contribution in [0.4, 0.5) is 5.69 Å². The number of anilines is 1. The van der Waals surface area contributed by atoms with Crippen LogP contribution in [0.15, 0.2) is 53.0 Å². The molecule has 0 aromatic heterocycles. The quantitative estimate of drug-likeness (QED) is 0.922. The van der Waals surface area contributed by atoms with Crippen LogP contribution in [0.3, 0.4) is 0 Å². The Kier molecular flexibility index (Phi) is 4.76. The minimum Gasteiger partial charge on any atom is -0.382 e. The lowest BCUT2D eigenvalue weighted by Gasteiger charge is -2.13. The zero-order valence-corrected chi connectivity index (χ0v) is 12.3. The molecule has 0 aliphatic carbocycles. The largest absolute Gasteiger partial charge is 0.382 e. The van der Waals surface area contributed by atoms with Crippen molar-refractivity contribution in [3.05, 3.63) is 64.1 Å². The van der Waals surface area contributed by atoms with Crippen LogP contribution in [0.25, 0.3) is 0 Å². The summed E-state index contributed by atoms with van der Waals surface area (Å²) in [6.07, 6.45) is 0. The van der Waals surface area contributed by atoms with Crippen molar-refractivity contribution in [2.75, 3.05) is 11.9 Å². The molecule has 98 valence electrons. The van der Waals surface area contributed by atoms with Gasteiger partial charge in [0.15, 0.2) is 0 Å². The van der Waals surface area contributed by atoms with E-state index >= 15 is 0 Å². The molecule has 1 N–H and O–H groups in total. The molecule has 0 amide bonds. The van der Waals surface area contributed by atoms with Gasteiger partial charge in [0.1, 0.15) is 6.07 Å². The summed E-state index contributed by atoms with van der Waals surface area (Å²) in [5, 5.41) is 21.5. The zero-order chi connectivity index (χ0) is 14.4. The van der Waals surface area contributed by atoms with Gasteiger partial charge >= 0.3 is 0 Å². The second-order valence-electron chi connectivity index (χ2n) is 4.27. The Morgan fingerprint density at radius 1 is 1.10 bits per heavy atom. The van der Waals surface area contributed by atoms with Crippen LogP contribution >= 0.6 is 15.9 Å². The Morgan fingerprint density at radius 2 is 1.85 bits per heavy atom. The highest BCUT2D eigenvalue weighted by Gasteiger charge is 2.11. The van der Waals surface area contributed by atoms with Crippen molar-refractivity contribution in [2.24, 2.45) is 0 Å². The molecule has 0 aliphatic rings. The number of nitriles is 2. The van der Waals surface area contributed by atoms with E-state index in [9.17, 15) is 5.26 Å². The molecule has 4 heteroatoms. The van der Waals surface area contributed by atoms with E-state index in [-0.39, 0.29) is 5.92 Å². The smallest absolute Gasteiger partial charge is 0.101 e. The summed E-state index contributed by atoms with van der Waals surface area (Å²) in [4.78, 5) is 0. The predicted molar refractivity (Wildman–Crippen MR) is 82.1 cm³/mol. The molecule has 2 aromatic carbocycles. The number of nitrogens with zero attached hydrogens (tertiary/aromatic N) is 2. The van der Waals surface area contributed by atoms with Crippen LogP contribution in [0.2, 0.25) is 0 Å². The van der Waals surface area contributed by atoms with Crippen molar-refractivity contribution in [3.8, 4) is 12.1 Å². The molecular formula is C16H12BrN3. The fourth-order valence-corrected chi connectivity index (χ4v) is 2.26. The van der Waals surface area contributed by atoms with E-state index < -0.39 is 0 Å². The van der Waals surface area contributed by atoms with Gasteiger partial charge in [-0.2, -0.15) is 10.5 Å². The minimum absolute atomic E-state index is 0.248.